The Morgan fingerprint density at radius 1 is 1.18 bits per heavy atom. The number of nitrogens with one attached hydrogen (secondary N) is 2. The van der Waals surface area contributed by atoms with Gasteiger partial charge < -0.3 is 19.5 Å². The largest absolute Gasteiger partial charge is 0.415 e. The molecular weight excluding hydrogens is 364 g/mol. The number of hydrogen-bond donors (Lipinski definition) is 2. The molecule has 0 saturated carbocycles. The number of carbonyl (C=O) groups is 3. The topological polar surface area (TPSA) is 114 Å². The molecule has 0 radical (unpaired) electrons. The van der Waals surface area contributed by atoms with Crippen molar-refractivity contribution in [3.05, 3.63) is 42.2 Å². The van der Waals surface area contributed by atoms with E-state index in [1.807, 2.05) is 6.07 Å². The molecule has 9 heteroatoms. The number of amides is 3. The van der Waals surface area contributed by atoms with Gasteiger partial charge in [0.2, 0.25) is 0 Å². The fraction of sp³-hybridized carbons (Fsp3) is 0.368. The minimum atomic E-state index is -0.794. The van der Waals surface area contributed by atoms with Gasteiger partial charge in [-0.15, -0.1) is 0 Å². The predicted molar refractivity (Wildman–Crippen MR) is 99.6 cm³/mol. The van der Waals surface area contributed by atoms with Crippen LogP contribution in [0.3, 0.4) is 0 Å². The zero-order valence-corrected chi connectivity index (χ0v) is 15.5. The molecule has 3 rings (SSSR count). The maximum absolute atomic E-state index is 12.2. The molecule has 1 aliphatic heterocycles. The van der Waals surface area contributed by atoms with Crippen LogP contribution >= 0.6 is 0 Å². The number of anilines is 1. The Kier molecular flexibility index (Phi) is 6.25. The second-order valence-electron chi connectivity index (χ2n) is 6.60. The molecule has 0 bridgehead atoms. The third kappa shape index (κ3) is 5.32. The van der Waals surface area contributed by atoms with E-state index in [-0.39, 0.29) is 17.8 Å². The number of para-hydroxylation sites is 1. The Labute approximate surface area is 162 Å². The number of rotatable bonds is 4. The van der Waals surface area contributed by atoms with Crippen molar-refractivity contribution < 1.29 is 23.6 Å². The summed E-state index contributed by atoms with van der Waals surface area (Å²) in [6.45, 7) is 3.13. The van der Waals surface area contributed by atoms with Crippen LogP contribution < -0.4 is 15.4 Å². The number of ether oxygens (including phenoxy) is 1. The molecule has 1 aliphatic rings. The van der Waals surface area contributed by atoms with E-state index in [9.17, 15) is 14.4 Å². The Bertz CT molecular complexity index is 828. The van der Waals surface area contributed by atoms with Gasteiger partial charge in [0.1, 0.15) is 11.5 Å². The second kappa shape index (κ2) is 9.03. The van der Waals surface area contributed by atoms with Crippen LogP contribution in [-0.4, -0.2) is 47.6 Å². The number of likely N-dealkylation sites (tertiary alicyclic amines) is 1. The van der Waals surface area contributed by atoms with Crippen LogP contribution in [0.4, 0.5) is 10.6 Å². The number of piperidine rings is 1. The van der Waals surface area contributed by atoms with Gasteiger partial charge in [0, 0.05) is 25.7 Å². The van der Waals surface area contributed by atoms with E-state index < -0.39 is 11.8 Å². The van der Waals surface area contributed by atoms with Crippen LogP contribution in [0, 0.1) is 12.8 Å². The minimum Gasteiger partial charge on any atom is -0.410 e. The first kappa shape index (κ1) is 19.4. The third-order valence-corrected chi connectivity index (χ3v) is 4.45. The third-order valence-electron chi connectivity index (χ3n) is 4.45. The summed E-state index contributed by atoms with van der Waals surface area (Å²) in [5.41, 5.74) is 0. The molecule has 2 heterocycles. The van der Waals surface area contributed by atoms with Crippen molar-refractivity contribution in [2.45, 2.75) is 19.8 Å². The van der Waals surface area contributed by atoms with Gasteiger partial charge in [0.05, 0.1) is 0 Å². The highest BCUT2D eigenvalue weighted by molar-refractivity contribution is 6.39. The fourth-order valence-corrected chi connectivity index (χ4v) is 2.89. The van der Waals surface area contributed by atoms with Crippen molar-refractivity contribution in [3.8, 4) is 5.75 Å². The van der Waals surface area contributed by atoms with Crippen LogP contribution in [0.2, 0.25) is 0 Å². The summed E-state index contributed by atoms with van der Waals surface area (Å²) in [5, 5.41) is 8.60. The van der Waals surface area contributed by atoms with Crippen molar-refractivity contribution in [2.24, 2.45) is 5.92 Å². The van der Waals surface area contributed by atoms with Crippen molar-refractivity contribution in [1.82, 2.24) is 15.4 Å². The van der Waals surface area contributed by atoms with Crippen molar-refractivity contribution in [3.63, 3.8) is 0 Å². The van der Waals surface area contributed by atoms with Gasteiger partial charge in [-0.2, -0.15) is 0 Å². The van der Waals surface area contributed by atoms with Crippen LogP contribution in [0.25, 0.3) is 0 Å². The summed E-state index contributed by atoms with van der Waals surface area (Å²) in [6.07, 6.45) is 1.05. The summed E-state index contributed by atoms with van der Waals surface area (Å²) in [6, 6.07) is 10.4. The van der Waals surface area contributed by atoms with E-state index in [1.165, 1.54) is 6.07 Å². The Balaban J connectivity index is 1.37. The molecule has 0 unspecified atom stereocenters. The Morgan fingerprint density at radius 2 is 1.89 bits per heavy atom. The van der Waals surface area contributed by atoms with Crippen LogP contribution in [0.15, 0.2) is 40.9 Å². The normalized spacial score (nSPS) is 14.4. The van der Waals surface area contributed by atoms with Crippen molar-refractivity contribution in [1.29, 1.82) is 0 Å². The molecule has 1 saturated heterocycles. The molecule has 3 amide bonds. The highest BCUT2D eigenvalue weighted by Crippen LogP contribution is 2.18. The molecule has 1 fully saturated rings. The Hall–Kier alpha value is -3.36. The average Bonchev–Trinajstić information content (AvgIpc) is 3.11. The van der Waals surface area contributed by atoms with Crippen molar-refractivity contribution in [2.75, 3.05) is 25.0 Å². The lowest BCUT2D eigenvalue weighted by molar-refractivity contribution is -0.136. The van der Waals surface area contributed by atoms with E-state index in [1.54, 1.807) is 36.1 Å². The number of aryl methyl sites for hydroxylation is 1. The smallest absolute Gasteiger partial charge is 0.410 e. The quantitative estimate of drug-likeness (QED) is 0.777. The first-order valence-electron chi connectivity index (χ1n) is 9.05. The highest BCUT2D eigenvalue weighted by Gasteiger charge is 2.25. The average molecular weight is 386 g/mol. The zero-order valence-electron chi connectivity index (χ0n) is 15.5. The standard InChI is InChI=1S/C19H22N4O5/c1-13-11-16(22-28-13)21-18(25)17(24)20-12-14-7-9-23(10-8-14)19(26)27-15-5-3-2-4-6-15/h2-6,11,14H,7-10,12H2,1H3,(H,20,24)(H,21,22,25). The molecular formula is C19H22N4O5. The van der Waals surface area contributed by atoms with Gasteiger partial charge in [0.25, 0.3) is 0 Å². The molecule has 0 aliphatic carbocycles. The maximum Gasteiger partial charge on any atom is 0.415 e. The van der Waals surface area contributed by atoms with Gasteiger partial charge in [0.15, 0.2) is 5.82 Å². The van der Waals surface area contributed by atoms with Crippen LogP contribution in [0.1, 0.15) is 18.6 Å². The molecule has 0 atom stereocenters. The lowest BCUT2D eigenvalue weighted by Crippen LogP contribution is -2.44. The zero-order chi connectivity index (χ0) is 19.9. The number of carbonyl (C=O) groups excluding carboxylic acids is 3. The molecule has 28 heavy (non-hydrogen) atoms. The van der Waals surface area contributed by atoms with Gasteiger partial charge in [-0.05, 0) is 37.8 Å². The first-order chi connectivity index (χ1) is 13.5. The van der Waals surface area contributed by atoms with E-state index in [4.69, 9.17) is 9.26 Å². The highest BCUT2D eigenvalue weighted by atomic mass is 16.6. The monoisotopic (exact) mass is 386 g/mol. The number of aromatic nitrogens is 1. The van der Waals surface area contributed by atoms with E-state index in [2.05, 4.69) is 15.8 Å². The lowest BCUT2D eigenvalue weighted by Gasteiger charge is -2.31. The summed E-state index contributed by atoms with van der Waals surface area (Å²) >= 11 is 0. The minimum absolute atomic E-state index is 0.187. The molecule has 148 valence electrons. The first-order valence-corrected chi connectivity index (χ1v) is 9.05. The second-order valence-corrected chi connectivity index (χ2v) is 6.60. The van der Waals surface area contributed by atoms with Gasteiger partial charge >= 0.3 is 17.9 Å². The molecule has 2 N–H and O–H groups in total. The molecule has 9 nitrogen and oxygen atoms in total. The summed E-state index contributed by atoms with van der Waals surface area (Å²) < 4.78 is 10.2. The number of benzene rings is 1. The van der Waals surface area contributed by atoms with E-state index in [0.717, 1.165) is 0 Å². The predicted octanol–water partition coefficient (Wildman–Crippen LogP) is 1.95. The number of hydrogen-bond acceptors (Lipinski definition) is 6. The lowest BCUT2D eigenvalue weighted by atomic mass is 9.97. The van der Waals surface area contributed by atoms with Crippen molar-refractivity contribution >= 4 is 23.7 Å². The van der Waals surface area contributed by atoms with Crippen LogP contribution in [0.5, 0.6) is 5.75 Å². The molecule has 1 aromatic heterocycles. The summed E-state index contributed by atoms with van der Waals surface area (Å²) in [7, 11) is 0. The number of nitrogens with zero attached hydrogens (tertiary/aromatic N) is 2. The Morgan fingerprint density at radius 3 is 2.54 bits per heavy atom. The molecule has 2 aromatic rings. The molecule has 0 spiro atoms. The summed E-state index contributed by atoms with van der Waals surface area (Å²) in [4.78, 5) is 37.6. The van der Waals surface area contributed by atoms with E-state index >= 15 is 0 Å². The summed E-state index contributed by atoms with van der Waals surface area (Å²) in [5.74, 6) is -0.0954. The SMILES string of the molecule is Cc1cc(NC(=O)C(=O)NCC2CCN(C(=O)Oc3ccccc3)CC2)no1. The fourth-order valence-electron chi connectivity index (χ4n) is 2.89. The molecule has 1 aromatic carbocycles. The van der Waals surface area contributed by atoms with Gasteiger partial charge in [-0.3, -0.25) is 14.9 Å². The maximum atomic E-state index is 12.2. The van der Waals surface area contributed by atoms with Gasteiger partial charge in [-0.25, -0.2) is 4.79 Å². The van der Waals surface area contributed by atoms with Gasteiger partial charge in [-0.1, -0.05) is 23.4 Å². The van der Waals surface area contributed by atoms with Crippen LogP contribution in [-0.2, 0) is 9.59 Å². The van der Waals surface area contributed by atoms with E-state index in [0.29, 0.717) is 44.0 Å².